The van der Waals surface area contributed by atoms with Crippen LogP contribution in [0.15, 0.2) is 18.2 Å². The monoisotopic (exact) mass is 282 g/mol. The first-order chi connectivity index (χ1) is 8.93. The van der Waals surface area contributed by atoms with E-state index < -0.39 is 0 Å². The number of hydrogen-bond acceptors (Lipinski definition) is 3. The predicted molar refractivity (Wildman–Crippen MR) is 79.7 cm³/mol. The Labute approximate surface area is 120 Å². The Morgan fingerprint density at radius 2 is 1.95 bits per heavy atom. The Kier molecular flexibility index (Phi) is 4.39. The summed E-state index contributed by atoms with van der Waals surface area (Å²) in [6.45, 7) is 1.74. The van der Waals surface area contributed by atoms with Crippen LogP contribution < -0.4 is 0 Å². The number of benzene rings is 1. The molecule has 4 heteroatoms. The van der Waals surface area contributed by atoms with Crippen LogP contribution in [0.3, 0.4) is 0 Å². The van der Waals surface area contributed by atoms with E-state index in [1.807, 2.05) is 6.07 Å². The number of nitrogens with zero attached hydrogens (tertiary/aromatic N) is 2. The molecule has 1 saturated carbocycles. The third-order valence-electron chi connectivity index (χ3n) is 4.28. The van der Waals surface area contributed by atoms with Crippen LogP contribution >= 0.6 is 11.6 Å². The second-order valence-electron chi connectivity index (χ2n) is 5.92. The summed E-state index contributed by atoms with van der Waals surface area (Å²) >= 11 is 5.98. The number of likely N-dealkylation sites (N-methyl/N-ethyl adjacent to an activating group) is 2. The molecule has 19 heavy (non-hydrogen) atoms. The number of phenols is 1. The molecule has 0 atom stereocenters. The van der Waals surface area contributed by atoms with Gasteiger partial charge in [0.05, 0.1) is 0 Å². The van der Waals surface area contributed by atoms with Crippen LogP contribution in [0.4, 0.5) is 0 Å². The lowest BCUT2D eigenvalue weighted by Gasteiger charge is -2.49. The Morgan fingerprint density at radius 3 is 2.47 bits per heavy atom. The first kappa shape index (κ1) is 14.6. The fourth-order valence-corrected chi connectivity index (χ4v) is 3.06. The van der Waals surface area contributed by atoms with Crippen molar-refractivity contribution < 1.29 is 5.11 Å². The summed E-state index contributed by atoms with van der Waals surface area (Å²) in [4.78, 5) is 4.61. The van der Waals surface area contributed by atoms with E-state index in [0.29, 0.717) is 16.3 Å². The van der Waals surface area contributed by atoms with Gasteiger partial charge in [0.25, 0.3) is 0 Å². The first-order valence-electron chi connectivity index (χ1n) is 6.76. The van der Waals surface area contributed by atoms with Gasteiger partial charge in [0.15, 0.2) is 0 Å². The van der Waals surface area contributed by atoms with Crippen molar-refractivity contribution in [1.82, 2.24) is 9.80 Å². The maximum Gasteiger partial charge on any atom is 0.120 e. The standard InChI is InChI=1S/C15H23ClN2O/c1-17(2)15(7-4-8-15)11-18(3)10-12-9-13(16)5-6-14(12)19/h5-6,9,19H,4,7-8,10-11H2,1-3H3. The molecule has 106 valence electrons. The van der Waals surface area contributed by atoms with Gasteiger partial charge in [-0.3, -0.25) is 0 Å². The lowest BCUT2D eigenvalue weighted by atomic mass is 9.75. The molecule has 2 rings (SSSR count). The molecule has 1 aromatic rings. The Bertz CT molecular complexity index is 444. The van der Waals surface area contributed by atoms with E-state index in [4.69, 9.17) is 11.6 Å². The van der Waals surface area contributed by atoms with Gasteiger partial charge in [0, 0.05) is 29.2 Å². The van der Waals surface area contributed by atoms with Crippen molar-refractivity contribution >= 4 is 11.6 Å². The zero-order valence-electron chi connectivity index (χ0n) is 12.0. The van der Waals surface area contributed by atoms with Crippen LogP contribution in [0, 0.1) is 0 Å². The normalized spacial score (nSPS) is 17.8. The quantitative estimate of drug-likeness (QED) is 0.899. The predicted octanol–water partition coefficient (Wildman–Crippen LogP) is 2.96. The average molecular weight is 283 g/mol. The highest BCUT2D eigenvalue weighted by Crippen LogP contribution is 2.37. The fraction of sp³-hybridized carbons (Fsp3) is 0.600. The summed E-state index contributed by atoms with van der Waals surface area (Å²) in [5.74, 6) is 0.323. The summed E-state index contributed by atoms with van der Waals surface area (Å²) in [6.07, 6.45) is 3.83. The van der Waals surface area contributed by atoms with Gasteiger partial charge in [-0.1, -0.05) is 11.6 Å². The molecule has 1 aliphatic rings. The van der Waals surface area contributed by atoms with E-state index in [9.17, 15) is 5.11 Å². The SMILES string of the molecule is CN(Cc1cc(Cl)ccc1O)CC1(N(C)C)CCC1. The van der Waals surface area contributed by atoms with Crippen LogP contribution in [0.5, 0.6) is 5.75 Å². The zero-order valence-corrected chi connectivity index (χ0v) is 12.7. The van der Waals surface area contributed by atoms with Crippen LogP contribution in [0.1, 0.15) is 24.8 Å². The van der Waals surface area contributed by atoms with E-state index >= 15 is 0 Å². The van der Waals surface area contributed by atoms with Crippen LogP contribution in [0.2, 0.25) is 5.02 Å². The molecule has 0 aromatic heterocycles. The van der Waals surface area contributed by atoms with Crippen LogP contribution in [-0.4, -0.2) is 48.1 Å². The van der Waals surface area contributed by atoms with E-state index in [1.165, 1.54) is 19.3 Å². The number of halogens is 1. The molecule has 1 aliphatic carbocycles. The summed E-state index contributed by atoms with van der Waals surface area (Å²) in [6, 6.07) is 5.22. The number of aromatic hydroxyl groups is 1. The lowest BCUT2D eigenvalue weighted by Crippen LogP contribution is -2.56. The molecule has 1 fully saturated rings. The topological polar surface area (TPSA) is 26.7 Å². The van der Waals surface area contributed by atoms with Crippen molar-refractivity contribution in [2.24, 2.45) is 0 Å². The highest BCUT2D eigenvalue weighted by atomic mass is 35.5. The second-order valence-corrected chi connectivity index (χ2v) is 6.35. The highest BCUT2D eigenvalue weighted by Gasteiger charge is 2.39. The van der Waals surface area contributed by atoms with E-state index in [-0.39, 0.29) is 0 Å². The molecular weight excluding hydrogens is 260 g/mol. The molecule has 1 N–H and O–H groups in total. The van der Waals surface area contributed by atoms with Gasteiger partial charge in [-0.15, -0.1) is 0 Å². The largest absolute Gasteiger partial charge is 0.508 e. The maximum atomic E-state index is 9.87. The lowest BCUT2D eigenvalue weighted by molar-refractivity contribution is 0.0257. The van der Waals surface area contributed by atoms with E-state index in [1.54, 1.807) is 12.1 Å². The minimum Gasteiger partial charge on any atom is -0.508 e. The van der Waals surface area contributed by atoms with E-state index in [0.717, 1.165) is 18.7 Å². The molecule has 0 radical (unpaired) electrons. The first-order valence-corrected chi connectivity index (χ1v) is 7.14. The molecular formula is C15H23ClN2O. The van der Waals surface area contributed by atoms with Crippen LogP contribution in [0.25, 0.3) is 0 Å². The number of hydrogen-bond donors (Lipinski definition) is 1. The van der Waals surface area contributed by atoms with Gasteiger partial charge in [-0.2, -0.15) is 0 Å². The third-order valence-corrected chi connectivity index (χ3v) is 4.51. The van der Waals surface area contributed by atoms with Crippen molar-refractivity contribution in [3.63, 3.8) is 0 Å². The third kappa shape index (κ3) is 3.22. The second kappa shape index (κ2) is 5.70. The summed E-state index contributed by atoms with van der Waals surface area (Å²) in [5, 5.41) is 10.5. The molecule has 0 aliphatic heterocycles. The fourth-order valence-electron chi connectivity index (χ4n) is 2.86. The van der Waals surface area contributed by atoms with Gasteiger partial charge in [0.2, 0.25) is 0 Å². The molecule has 1 aromatic carbocycles. The molecule has 0 saturated heterocycles. The zero-order chi connectivity index (χ0) is 14.0. The summed E-state index contributed by atoms with van der Waals surface area (Å²) < 4.78 is 0. The van der Waals surface area contributed by atoms with Gasteiger partial charge < -0.3 is 14.9 Å². The van der Waals surface area contributed by atoms with Crippen molar-refractivity contribution in [3.8, 4) is 5.75 Å². The smallest absolute Gasteiger partial charge is 0.120 e. The van der Waals surface area contributed by atoms with Gasteiger partial charge in [-0.25, -0.2) is 0 Å². The van der Waals surface area contributed by atoms with Crippen LogP contribution in [-0.2, 0) is 6.54 Å². The van der Waals surface area contributed by atoms with Crippen molar-refractivity contribution in [2.45, 2.75) is 31.3 Å². The van der Waals surface area contributed by atoms with Crippen molar-refractivity contribution in [2.75, 3.05) is 27.7 Å². The molecule has 3 nitrogen and oxygen atoms in total. The van der Waals surface area contributed by atoms with Gasteiger partial charge in [-0.05, 0) is 58.6 Å². The molecule has 0 heterocycles. The number of rotatable bonds is 5. The summed E-state index contributed by atoms with van der Waals surface area (Å²) in [7, 11) is 6.41. The minimum absolute atomic E-state index is 0.308. The Morgan fingerprint density at radius 1 is 1.26 bits per heavy atom. The molecule has 0 spiro atoms. The van der Waals surface area contributed by atoms with E-state index in [2.05, 4.69) is 30.9 Å². The Hall–Kier alpha value is -0.770. The summed E-state index contributed by atoms with van der Waals surface area (Å²) in [5.41, 5.74) is 1.20. The highest BCUT2D eigenvalue weighted by molar-refractivity contribution is 6.30. The van der Waals surface area contributed by atoms with Crippen molar-refractivity contribution in [3.05, 3.63) is 28.8 Å². The van der Waals surface area contributed by atoms with Crippen molar-refractivity contribution in [1.29, 1.82) is 0 Å². The minimum atomic E-state index is 0.308. The number of phenolic OH excluding ortho intramolecular Hbond substituents is 1. The maximum absolute atomic E-state index is 9.87. The molecule has 0 bridgehead atoms. The molecule has 0 amide bonds. The molecule has 0 unspecified atom stereocenters. The van der Waals surface area contributed by atoms with Gasteiger partial charge >= 0.3 is 0 Å². The Balaban J connectivity index is 2.01. The van der Waals surface area contributed by atoms with Gasteiger partial charge in [0.1, 0.15) is 5.75 Å². The average Bonchev–Trinajstić information content (AvgIpc) is 2.28.